The van der Waals surface area contributed by atoms with Crippen molar-refractivity contribution in [3.63, 3.8) is 0 Å². The molecule has 0 saturated carbocycles. The first-order valence-corrected chi connectivity index (χ1v) is 7.76. The molecule has 0 spiro atoms. The van der Waals surface area contributed by atoms with Gasteiger partial charge in [0.2, 0.25) is 5.91 Å². The highest BCUT2D eigenvalue weighted by atomic mass is 19.1. The number of nitrogens with one attached hydrogen (secondary N) is 2. The van der Waals surface area contributed by atoms with Crippen LogP contribution in [0.3, 0.4) is 0 Å². The zero-order chi connectivity index (χ0) is 18.5. The highest BCUT2D eigenvalue weighted by Gasteiger charge is 2.20. The van der Waals surface area contributed by atoms with E-state index >= 15 is 0 Å². The quantitative estimate of drug-likeness (QED) is 0.628. The summed E-state index contributed by atoms with van der Waals surface area (Å²) in [5, 5.41) is 18.2. The maximum Gasteiger partial charge on any atom is 0.338 e. The Kier molecular flexibility index (Phi) is 5.02. The first-order chi connectivity index (χ1) is 12.5. The highest BCUT2D eigenvalue weighted by molar-refractivity contribution is 5.88. The molecule has 3 aromatic rings. The number of carbonyl (C=O) groups excluding carboxylic acids is 1. The van der Waals surface area contributed by atoms with Crippen LogP contribution in [0.4, 0.5) is 4.39 Å². The minimum absolute atomic E-state index is 0.103. The summed E-state index contributed by atoms with van der Waals surface area (Å²) in [6.07, 6.45) is 1.24. The normalized spacial score (nSPS) is 11.7. The average molecular weight is 354 g/mol. The fraction of sp³-hybridized carbons (Fsp3) is 0.111. The van der Waals surface area contributed by atoms with Gasteiger partial charge in [-0.3, -0.25) is 9.89 Å². The number of nitrogens with zero attached hydrogens (tertiary/aromatic N) is 2. The number of H-pyrrole nitrogens is 1. The molecule has 1 atom stereocenters. The van der Waals surface area contributed by atoms with E-state index in [4.69, 9.17) is 5.11 Å². The van der Waals surface area contributed by atoms with Gasteiger partial charge in [-0.1, -0.05) is 36.4 Å². The summed E-state index contributed by atoms with van der Waals surface area (Å²) in [7, 11) is 0. The SMILES string of the molecule is O=C(Cc1ccc(C(=O)O)c(F)c1)NC(c1ccccc1)c1ncn[nH]1. The van der Waals surface area contributed by atoms with Crippen LogP contribution in [-0.4, -0.2) is 32.2 Å². The van der Waals surface area contributed by atoms with E-state index in [1.165, 1.54) is 12.4 Å². The van der Waals surface area contributed by atoms with Gasteiger partial charge in [0.1, 0.15) is 18.2 Å². The third-order valence-electron chi connectivity index (χ3n) is 3.77. The second kappa shape index (κ2) is 7.56. The number of aromatic carboxylic acids is 1. The van der Waals surface area contributed by atoms with E-state index < -0.39 is 23.4 Å². The summed E-state index contributed by atoms with van der Waals surface area (Å²) in [6.45, 7) is 0. The predicted octanol–water partition coefficient (Wildman–Crippen LogP) is 2.09. The van der Waals surface area contributed by atoms with Crippen LogP contribution >= 0.6 is 0 Å². The van der Waals surface area contributed by atoms with Crippen molar-refractivity contribution in [2.45, 2.75) is 12.5 Å². The summed E-state index contributed by atoms with van der Waals surface area (Å²) in [6, 6.07) is 12.3. The Bertz CT molecular complexity index is 913. The first-order valence-electron chi connectivity index (χ1n) is 7.76. The Morgan fingerprint density at radius 1 is 1.19 bits per heavy atom. The monoisotopic (exact) mass is 354 g/mol. The van der Waals surface area contributed by atoms with E-state index in [1.54, 1.807) is 0 Å². The minimum Gasteiger partial charge on any atom is -0.478 e. The van der Waals surface area contributed by atoms with Gasteiger partial charge in [0.15, 0.2) is 5.82 Å². The van der Waals surface area contributed by atoms with Crippen molar-refractivity contribution in [3.05, 3.63) is 83.2 Å². The summed E-state index contributed by atoms with van der Waals surface area (Å²) in [5.74, 6) is -2.12. The van der Waals surface area contributed by atoms with E-state index in [9.17, 15) is 14.0 Å². The van der Waals surface area contributed by atoms with Crippen molar-refractivity contribution >= 4 is 11.9 Å². The molecule has 3 rings (SSSR count). The largest absolute Gasteiger partial charge is 0.478 e. The van der Waals surface area contributed by atoms with E-state index in [1.807, 2.05) is 30.3 Å². The molecular weight excluding hydrogens is 339 g/mol. The number of rotatable bonds is 6. The molecule has 0 bridgehead atoms. The van der Waals surface area contributed by atoms with Gasteiger partial charge >= 0.3 is 5.97 Å². The zero-order valence-electron chi connectivity index (χ0n) is 13.5. The average Bonchev–Trinajstić information content (AvgIpc) is 3.14. The van der Waals surface area contributed by atoms with Gasteiger partial charge < -0.3 is 10.4 Å². The molecule has 2 aromatic carbocycles. The molecule has 132 valence electrons. The fourth-order valence-corrected chi connectivity index (χ4v) is 2.55. The molecule has 8 heteroatoms. The lowest BCUT2D eigenvalue weighted by Gasteiger charge is -2.17. The van der Waals surface area contributed by atoms with Crippen molar-refractivity contribution in [3.8, 4) is 0 Å². The van der Waals surface area contributed by atoms with Crippen LogP contribution in [0.2, 0.25) is 0 Å². The number of hydrogen-bond acceptors (Lipinski definition) is 4. The lowest BCUT2D eigenvalue weighted by Crippen LogP contribution is -2.31. The number of aromatic amines is 1. The molecule has 1 unspecified atom stereocenters. The lowest BCUT2D eigenvalue weighted by atomic mass is 10.0. The number of amides is 1. The molecule has 3 N–H and O–H groups in total. The Hall–Kier alpha value is -3.55. The highest BCUT2D eigenvalue weighted by Crippen LogP contribution is 2.19. The second-order valence-corrected chi connectivity index (χ2v) is 5.58. The molecule has 0 fully saturated rings. The van der Waals surface area contributed by atoms with Crippen molar-refractivity contribution < 1.29 is 19.1 Å². The summed E-state index contributed by atoms with van der Waals surface area (Å²) in [4.78, 5) is 27.4. The van der Waals surface area contributed by atoms with Crippen molar-refractivity contribution in [1.82, 2.24) is 20.5 Å². The molecule has 1 amide bonds. The minimum atomic E-state index is -1.35. The second-order valence-electron chi connectivity index (χ2n) is 5.58. The third kappa shape index (κ3) is 3.92. The molecule has 0 aliphatic carbocycles. The number of aromatic nitrogens is 3. The Morgan fingerprint density at radius 3 is 2.58 bits per heavy atom. The third-order valence-corrected chi connectivity index (χ3v) is 3.77. The van der Waals surface area contributed by atoms with Crippen molar-refractivity contribution in [2.75, 3.05) is 0 Å². The zero-order valence-corrected chi connectivity index (χ0v) is 13.5. The standard InChI is InChI=1S/C18H15FN4O3/c19-14-8-11(6-7-13(14)18(25)26)9-15(24)22-16(17-20-10-21-23-17)12-4-2-1-3-5-12/h1-8,10,16H,9H2,(H,22,24)(H,25,26)(H,20,21,23). The number of carboxylic acid groups (broad SMARTS) is 1. The molecule has 1 heterocycles. The predicted molar refractivity (Wildman–Crippen MR) is 89.9 cm³/mol. The van der Waals surface area contributed by atoms with E-state index in [-0.39, 0.29) is 12.3 Å². The lowest BCUT2D eigenvalue weighted by molar-refractivity contribution is -0.121. The van der Waals surface area contributed by atoms with Crippen LogP contribution in [0.5, 0.6) is 0 Å². The summed E-state index contributed by atoms with van der Waals surface area (Å²) in [5.41, 5.74) is 0.748. The topological polar surface area (TPSA) is 108 Å². The smallest absolute Gasteiger partial charge is 0.338 e. The molecule has 0 saturated heterocycles. The molecular formula is C18H15FN4O3. The maximum atomic E-state index is 13.8. The molecule has 0 radical (unpaired) electrons. The number of carbonyl (C=O) groups is 2. The van der Waals surface area contributed by atoms with E-state index in [0.717, 1.165) is 17.7 Å². The maximum absolute atomic E-state index is 13.8. The first kappa shape index (κ1) is 17.3. The number of benzene rings is 2. The molecule has 0 aliphatic heterocycles. The van der Waals surface area contributed by atoms with Crippen molar-refractivity contribution in [2.24, 2.45) is 0 Å². The van der Waals surface area contributed by atoms with Crippen LogP contribution in [0.25, 0.3) is 0 Å². The Labute approximate surface area is 147 Å². The van der Waals surface area contributed by atoms with Gasteiger partial charge in [0.05, 0.1) is 12.0 Å². The van der Waals surface area contributed by atoms with Crippen LogP contribution < -0.4 is 5.32 Å². The molecule has 26 heavy (non-hydrogen) atoms. The molecule has 7 nitrogen and oxygen atoms in total. The Balaban J connectivity index is 1.77. The number of halogens is 1. The Morgan fingerprint density at radius 2 is 1.96 bits per heavy atom. The van der Waals surface area contributed by atoms with Crippen LogP contribution in [0.1, 0.15) is 33.4 Å². The van der Waals surface area contributed by atoms with Gasteiger partial charge in [-0.15, -0.1) is 0 Å². The number of hydrogen-bond donors (Lipinski definition) is 3. The van der Waals surface area contributed by atoms with Crippen LogP contribution in [0, 0.1) is 5.82 Å². The fourth-order valence-electron chi connectivity index (χ4n) is 2.55. The van der Waals surface area contributed by atoms with E-state index in [0.29, 0.717) is 11.4 Å². The number of carboxylic acids is 1. The molecule has 0 aliphatic rings. The van der Waals surface area contributed by atoms with Gasteiger partial charge in [-0.25, -0.2) is 14.2 Å². The van der Waals surface area contributed by atoms with E-state index in [2.05, 4.69) is 20.5 Å². The van der Waals surface area contributed by atoms with Gasteiger partial charge in [-0.05, 0) is 23.3 Å². The van der Waals surface area contributed by atoms with Crippen LogP contribution in [0.15, 0.2) is 54.9 Å². The summed E-state index contributed by atoms with van der Waals surface area (Å²) >= 11 is 0. The summed E-state index contributed by atoms with van der Waals surface area (Å²) < 4.78 is 13.8. The van der Waals surface area contributed by atoms with Crippen LogP contribution in [-0.2, 0) is 11.2 Å². The van der Waals surface area contributed by atoms with Gasteiger partial charge in [0, 0.05) is 0 Å². The van der Waals surface area contributed by atoms with Gasteiger partial charge in [0.25, 0.3) is 0 Å². The molecule has 1 aromatic heterocycles. The van der Waals surface area contributed by atoms with Crippen molar-refractivity contribution in [1.29, 1.82) is 0 Å². The van der Waals surface area contributed by atoms with Gasteiger partial charge in [-0.2, -0.15) is 5.10 Å².